The first-order valence-electron chi connectivity index (χ1n) is 6.38. The number of esters is 1. The second-order valence-electron chi connectivity index (χ2n) is 4.50. The van der Waals surface area contributed by atoms with Gasteiger partial charge in [0.15, 0.2) is 6.61 Å². The predicted molar refractivity (Wildman–Crippen MR) is 88.8 cm³/mol. The molecule has 0 aliphatic carbocycles. The SMILES string of the molecule is O=C(COC(=O)c1cc(Br)cc(Br)c1O)Nc1c(F)cccc1F. The zero-order valence-corrected chi connectivity index (χ0v) is 14.9. The van der Waals surface area contributed by atoms with E-state index in [-0.39, 0.29) is 15.8 Å². The van der Waals surface area contributed by atoms with Crippen molar-refractivity contribution in [3.05, 3.63) is 56.5 Å². The monoisotopic (exact) mass is 463 g/mol. The van der Waals surface area contributed by atoms with Crippen LogP contribution in [-0.4, -0.2) is 23.6 Å². The molecule has 2 N–H and O–H groups in total. The Morgan fingerprint density at radius 3 is 2.42 bits per heavy atom. The number of ether oxygens (including phenoxy) is 1. The van der Waals surface area contributed by atoms with E-state index in [2.05, 4.69) is 31.9 Å². The molecule has 2 aromatic carbocycles. The molecule has 9 heteroatoms. The third-order valence-electron chi connectivity index (χ3n) is 2.81. The molecule has 0 fully saturated rings. The van der Waals surface area contributed by atoms with E-state index in [4.69, 9.17) is 4.74 Å². The molecule has 0 aromatic heterocycles. The summed E-state index contributed by atoms with van der Waals surface area (Å²) in [6.07, 6.45) is 0. The summed E-state index contributed by atoms with van der Waals surface area (Å²) in [5.74, 6) is -4.17. The number of carbonyl (C=O) groups is 2. The minimum Gasteiger partial charge on any atom is -0.506 e. The molecule has 126 valence electrons. The van der Waals surface area contributed by atoms with Crippen molar-refractivity contribution < 1.29 is 28.2 Å². The largest absolute Gasteiger partial charge is 0.506 e. The van der Waals surface area contributed by atoms with Gasteiger partial charge in [-0.2, -0.15) is 0 Å². The first-order chi connectivity index (χ1) is 11.3. The maximum Gasteiger partial charge on any atom is 0.342 e. The van der Waals surface area contributed by atoms with Crippen LogP contribution in [0.1, 0.15) is 10.4 Å². The third kappa shape index (κ3) is 4.30. The lowest BCUT2D eigenvalue weighted by Gasteiger charge is -2.09. The Hall–Kier alpha value is -2.00. The summed E-state index contributed by atoms with van der Waals surface area (Å²) in [5, 5.41) is 11.8. The summed E-state index contributed by atoms with van der Waals surface area (Å²) in [6.45, 7) is -0.782. The summed E-state index contributed by atoms with van der Waals surface area (Å²) in [4.78, 5) is 23.6. The van der Waals surface area contributed by atoms with Crippen molar-refractivity contribution in [3.8, 4) is 5.75 Å². The van der Waals surface area contributed by atoms with Gasteiger partial charge in [0, 0.05) is 4.47 Å². The molecule has 0 atom stereocenters. The summed E-state index contributed by atoms with van der Waals surface area (Å²) < 4.78 is 32.3. The van der Waals surface area contributed by atoms with Crippen molar-refractivity contribution in [2.75, 3.05) is 11.9 Å². The van der Waals surface area contributed by atoms with Gasteiger partial charge in [-0.1, -0.05) is 22.0 Å². The van der Waals surface area contributed by atoms with E-state index in [0.717, 1.165) is 18.2 Å². The number of halogens is 4. The number of anilines is 1. The molecule has 2 rings (SSSR count). The number of para-hydroxylation sites is 1. The molecule has 0 heterocycles. The van der Waals surface area contributed by atoms with Crippen LogP contribution >= 0.6 is 31.9 Å². The summed E-state index contributed by atoms with van der Waals surface area (Å²) in [7, 11) is 0. The van der Waals surface area contributed by atoms with Crippen molar-refractivity contribution in [2.45, 2.75) is 0 Å². The molecule has 0 spiro atoms. The number of phenolic OH excluding ortho intramolecular Hbond substituents is 1. The number of nitrogens with one attached hydrogen (secondary N) is 1. The van der Waals surface area contributed by atoms with E-state index in [0.29, 0.717) is 4.47 Å². The van der Waals surface area contributed by atoms with Gasteiger partial charge >= 0.3 is 5.97 Å². The molecule has 2 aromatic rings. The van der Waals surface area contributed by atoms with Crippen LogP contribution in [0.3, 0.4) is 0 Å². The Balaban J connectivity index is 2.03. The third-order valence-corrected chi connectivity index (χ3v) is 3.87. The van der Waals surface area contributed by atoms with E-state index >= 15 is 0 Å². The normalized spacial score (nSPS) is 10.3. The second kappa shape index (κ2) is 7.71. The quantitative estimate of drug-likeness (QED) is 0.671. The van der Waals surface area contributed by atoms with Crippen LogP contribution in [0.25, 0.3) is 0 Å². The van der Waals surface area contributed by atoms with Crippen molar-refractivity contribution >= 4 is 49.4 Å². The van der Waals surface area contributed by atoms with E-state index in [1.54, 1.807) is 0 Å². The Morgan fingerprint density at radius 1 is 1.17 bits per heavy atom. The molecule has 5 nitrogen and oxygen atoms in total. The summed E-state index contributed by atoms with van der Waals surface area (Å²) in [6, 6.07) is 5.91. The predicted octanol–water partition coefficient (Wildman–Crippen LogP) is 3.99. The average molecular weight is 465 g/mol. The number of benzene rings is 2. The van der Waals surface area contributed by atoms with E-state index in [9.17, 15) is 23.5 Å². The van der Waals surface area contributed by atoms with Crippen LogP contribution < -0.4 is 5.32 Å². The molecule has 0 aliphatic heterocycles. The molecular formula is C15H9Br2F2NO4. The number of rotatable bonds is 4. The standard InChI is InChI=1S/C15H9Br2F2NO4/c16-7-4-8(14(22)9(17)5-7)15(23)24-6-12(21)20-13-10(18)2-1-3-11(13)19/h1-5,22H,6H2,(H,20,21). The fourth-order valence-corrected chi connectivity index (χ4v) is 2.95. The molecule has 1 amide bonds. The number of phenols is 1. The zero-order chi connectivity index (χ0) is 17.9. The van der Waals surface area contributed by atoms with Crippen molar-refractivity contribution in [1.29, 1.82) is 0 Å². The number of hydrogen-bond donors (Lipinski definition) is 2. The van der Waals surface area contributed by atoms with Gasteiger partial charge in [-0.05, 0) is 40.2 Å². The van der Waals surface area contributed by atoms with Gasteiger partial charge < -0.3 is 15.2 Å². The van der Waals surface area contributed by atoms with Crippen LogP contribution in [0.5, 0.6) is 5.75 Å². The molecule has 0 unspecified atom stereocenters. The zero-order valence-electron chi connectivity index (χ0n) is 11.8. The van der Waals surface area contributed by atoms with Crippen LogP contribution in [0.15, 0.2) is 39.3 Å². The highest BCUT2D eigenvalue weighted by atomic mass is 79.9. The van der Waals surface area contributed by atoms with Crippen molar-refractivity contribution in [2.24, 2.45) is 0 Å². The topological polar surface area (TPSA) is 75.6 Å². The number of amides is 1. The lowest BCUT2D eigenvalue weighted by atomic mass is 10.2. The summed E-state index contributed by atoms with van der Waals surface area (Å²) >= 11 is 6.20. The van der Waals surface area contributed by atoms with E-state index < -0.39 is 35.8 Å². The Kier molecular flexibility index (Phi) is 5.89. The maximum atomic E-state index is 13.4. The molecule has 0 saturated heterocycles. The van der Waals surface area contributed by atoms with E-state index in [1.165, 1.54) is 12.1 Å². The number of aromatic hydroxyl groups is 1. The lowest BCUT2D eigenvalue weighted by molar-refractivity contribution is -0.119. The van der Waals surface area contributed by atoms with Gasteiger partial charge in [-0.25, -0.2) is 13.6 Å². The maximum absolute atomic E-state index is 13.4. The number of carbonyl (C=O) groups excluding carboxylic acids is 2. The van der Waals surface area contributed by atoms with Gasteiger partial charge in [0.1, 0.15) is 28.6 Å². The second-order valence-corrected chi connectivity index (χ2v) is 6.27. The smallest absolute Gasteiger partial charge is 0.342 e. The van der Waals surface area contributed by atoms with Crippen LogP contribution in [0, 0.1) is 11.6 Å². The van der Waals surface area contributed by atoms with Gasteiger partial charge in [-0.3, -0.25) is 4.79 Å². The van der Waals surface area contributed by atoms with Crippen LogP contribution in [0.2, 0.25) is 0 Å². The highest BCUT2D eigenvalue weighted by Crippen LogP contribution is 2.32. The minimum absolute atomic E-state index is 0.180. The van der Waals surface area contributed by atoms with Crippen LogP contribution in [0.4, 0.5) is 14.5 Å². The van der Waals surface area contributed by atoms with Gasteiger partial charge in [0.05, 0.1) is 4.47 Å². The van der Waals surface area contributed by atoms with Crippen molar-refractivity contribution in [3.63, 3.8) is 0 Å². The first kappa shape index (κ1) is 18.3. The van der Waals surface area contributed by atoms with Crippen LogP contribution in [-0.2, 0) is 9.53 Å². The first-order valence-corrected chi connectivity index (χ1v) is 7.97. The molecule has 0 aliphatic rings. The molecule has 0 radical (unpaired) electrons. The van der Waals surface area contributed by atoms with Crippen molar-refractivity contribution in [1.82, 2.24) is 0 Å². The molecule has 0 bridgehead atoms. The summed E-state index contributed by atoms with van der Waals surface area (Å²) in [5.41, 5.74) is -0.812. The van der Waals surface area contributed by atoms with Gasteiger partial charge in [0.2, 0.25) is 0 Å². The van der Waals surface area contributed by atoms with Gasteiger partial charge in [0.25, 0.3) is 5.91 Å². The van der Waals surface area contributed by atoms with Gasteiger partial charge in [-0.15, -0.1) is 0 Å². The Morgan fingerprint density at radius 2 is 1.79 bits per heavy atom. The average Bonchev–Trinajstić information content (AvgIpc) is 2.52. The molecular weight excluding hydrogens is 456 g/mol. The lowest BCUT2D eigenvalue weighted by Crippen LogP contribution is -2.22. The Bertz CT molecular complexity index is 794. The fraction of sp³-hybridized carbons (Fsp3) is 0.0667. The fourth-order valence-electron chi connectivity index (χ4n) is 1.72. The Labute approximate surface area is 151 Å². The highest BCUT2D eigenvalue weighted by Gasteiger charge is 2.18. The molecule has 0 saturated carbocycles. The van der Waals surface area contributed by atoms with E-state index in [1.807, 2.05) is 5.32 Å². The minimum atomic E-state index is -0.973. The highest BCUT2D eigenvalue weighted by molar-refractivity contribution is 9.11. The number of hydrogen-bond acceptors (Lipinski definition) is 4. The molecule has 24 heavy (non-hydrogen) atoms.